The van der Waals surface area contributed by atoms with E-state index in [9.17, 15) is 0 Å². The quantitative estimate of drug-likeness (QED) is 0.710. The molecule has 74 valence electrons. The summed E-state index contributed by atoms with van der Waals surface area (Å²) in [5, 5.41) is 3.26. The molecule has 1 saturated carbocycles. The topological polar surface area (TPSA) is 15.3 Å². The van der Waals surface area contributed by atoms with E-state index >= 15 is 0 Å². The molecular formula is C12H16N2. The van der Waals surface area contributed by atoms with Crippen LogP contribution < -0.4 is 5.32 Å². The Hall–Kier alpha value is -1.02. The Bertz CT molecular complexity index is 385. The van der Waals surface area contributed by atoms with Crippen LogP contribution in [-0.4, -0.2) is 25.5 Å². The van der Waals surface area contributed by atoms with Crippen LogP contribution in [0.15, 0.2) is 34.2 Å². The van der Waals surface area contributed by atoms with Crippen molar-refractivity contribution in [3.63, 3.8) is 0 Å². The highest BCUT2D eigenvalue weighted by Gasteiger charge is 2.36. The predicted molar refractivity (Wildman–Crippen MR) is 57.7 cm³/mol. The van der Waals surface area contributed by atoms with E-state index in [0.717, 1.165) is 13.0 Å². The molecule has 2 aliphatic carbocycles. The number of nitrogens with zero attached hydrogens (tertiary/aromatic N) is 1. The largest absolute Gasteiger partial charge is 0.351 e. The van der Waals surface area contributed by atoms with Gasteiger partial charge in [-0.05, 0) is 36.6 Å². The molecule has 4 rings (SSSR count). The molecule has 0 aromatic rings. The Labute approximate surface area is 85.0 Å². The fourth-order valence-corrected chi connectivity index (χ4v) is 2.52. The summed E-state index contributed by atoms with van der Waals surface area (Å²) >= 11 is 0. The molecule has 2 nitrogen and oxygen atoms in total. The molecule has 0 unspecified atom stereocenters. The van der Waals surface area contributed by atoms with E-state index in [2.05, 4.69) is 23.3 Å². The van der Waals surface area contributed by atoms with Gasteiger partial charge in [-0.1, -0.05) is 6.08 Å². The van der Waals surface area contributed by atoms with Gasteiger partial charge in [0.05, 0.1) is 0 Å². The van der Waals surface area contributed by atoms with Crippen molar-refractivity contribution in [2.24, 2.45) is 0 Å². The Kier molecular flexibility index (Phi) is 1.62. The summed E-state index contributed by atoms with van der Waals surface area (Å²) in [5.41, 5.74) is 7.90. The molecule has 2 bridgehead atoms. The monoisotopic (exact) mass is 188 g/mol. The molecule has 1 saturated heterocycles. The van der Waals surface area contributed by atoms with Gasteiger partial charge in [-0.3, -0.25) is 0 Å². The van der Waals surface area contributed by atoms with Gasteiger partial charge in [-0.2, -0.15) is 0 Å². The van der Waals surface area contributed by atoms with E-state index in [0.29, 0.717) is 0 Å². The first kappa shape index (κ1) is 8.30. The standard InChI is InChI=1S/C12H16N2/c1-13-7-9-4-3-8-5-10(8)12-6-11(9)14(12)2/h3,13H,4-7H2,1-2H3/b8-3-,11-9+,12-10+. The minimum atomic E-state index is 1.03. The van der Waals surface area contributed by atoms with Gasteiger partial charge in [0.1, 0.15) is 0 Å². The molecule has 0 atom stereocenters. The van der Waals surface area contributed by atoms with Gasteiger partial charge in [0.15, 0.2) is 0 Å². The molecule has 0 aromatic heterocycles. The summed E-state index contributed by atoms with van der Waals surface area (Å²) < 4.78 is 0. The van der Waals surface area contributed by atoms with Gasteiger partial charge in [0.25, 0.3) is 0 Å². The summed E-state index contributed by atoms with van der Waals surface area (Å²) in [5.74, 6) is 0. The van der Waals surface area contributed by atoms with E-state index in [1.165, 1.54) is 12.8 Å². The molecule has 4 aliphatic rings. The molecule has 14 heavy (non-hydrogen) atoms. The zero-order valence-corrected chi connectivity index (χ0v) is 8.85. The summed E-state index contributed by atoms with van der Waals surface area (Å²) in [6, 6.07) is 0. The van der Waals surface area contributed by atoms with Crippen molar-refractivity contribution in [2.75, 3.05) is 20.6 Å². The van der Waals surface area contributed by atoms with Crippen molar-refractivity contribution in [3.05, 3.63) is 34.2 Å². The minimum absolute atomic E-state index is 1.03. The maximum absolute atomic E-state index is 3.26. The van der Waals surface area contributed by atoms with Gasteiger partial charge >= 0.3 is 0 Å². The zero-order chi connectivity index (χ0) is 9.71. The number of rotatable bonds is 2. The number of allylic oxidation sites excluding steroid dienone is 3. The van der Waals surface area contributed by atoms with Crippen LogP contribution in [0, 0.1) is 0 Å². The third kappa shape index (κ3) is 1.01. The SMILES string of the molecule is CNC/C1=C2\C/C(=C3/C/C3=C/C1)N2C. The molecule has 1 N–H and O–H groups in total. The van der Waals surface area contributed by atoms with Crippen molar-refractivity contribution < 1.29 is 0 Å². The first-order valence-electron chi connectivity index (χ1n) is 5.32. The molecule has 0 aromatic carbocycles. The highest BCUT2D eigenvalue weighted by Crippen LogP contribution is 2.50. The second kappa shape index (κ2) is 2.74. The van der Waals surface area contributed by atoms with E-state index in [1.807, 2.05) is 7.05 Å². The lowest BCUT2D eigenvalue weighted by molar-refractivity contribution is 0.390. The minimum Gasteiger partial charge on any atom is -0.351 e. The van der Waals surface area contributed by atoms with Gasteiger partial charge < -0.3 is 10.2 Å². The average molecular weight is 188 g/mol. The zero-order valence-electron chi connectivity index (χ0n) is 8.85. The number of fused-ring (bicyclic) bond motifs is 2. The molecule has 2 fully saturated rings. The van der Waals surface area contributed by atoms with Crippen LogP contribution in [0.1, 0.15) is 19.3 Å². The van der Waals surface area contributed by atoms with E-state index in [4.69, 9.17) is 0 Å². The Balaban J connectivity index is 1.99. The first-order chi connectivity index (χ1) is 6.81. The van der Waals surface area contributed by atoms with Gasteiger partial charge in [0.2, 0.25) is 0 Å². The van der Waals surface area contributed by atoms with Crippen LogP contribution in [-0.2, 0) is 0 Å². The van der Waals surface area contributed by atoms with Crippen molar-refractivity contribution in [1.82, 2.24) is 10.2 Å². The third-order valence-corrected chi connectivity index (χ3v) is 3.52. The summed E-state index contributed by atoms with van der Waals surface area (Å²) in [6.07, 6.45) is 6.01. The van der Waals surface area contributed by atoms with Crippen molar-refractivity contribution in [3.8, 4) is 0 Å². The van der Waals surface area contributed by atoms with E-state index in [-0.39, 0.29) is 0 Å². The van der Waals surface area contributed by atoms with Crippen LogP contribution in [0.4, 0.5) is 0 Å². The molecule has 0 amide bonds. The lowest BCUT2D eigenvalue weighted by Crippen LogP contribution is -2.32. The fourth-order valence-electron chi connectivity index (χ4n) is 2.52. The van der Waals surface area contributed by atoms with Crippen LogP contribution in [0.3, 0.4) is 0 Å². The normalized spacial score (nSPS) is 37.9. The lowest BCUT2D eigenvalue weighted by atomic mass is 9.95. The smallest absolute Gasteiger partial charge is 0.0285 e. The molecule has 2 heteroatoms. The van der Waals surface area contributed by atoms with Crippen molar-refractivity contribution in [2.45, 2.75) is 19.3 Å². The highest BCUT2D eigenvalue weighted by molar-refractivity contribution is 5.58. The van der Waals surface area contributed by atoms with Crippen LogP contribution >= 0.6 is 0 Å². The second-order valence-electron chi connectivity index (χ2n) is 4.35. The number of hydrogen-bond acceptors (Lipinski definition) is 2. The van der Waals surface area contributed by atoms with Crippen LogP contribution in [0.5, 0.6) is 0 Å². The highest BCUT2D eigenvalue weighted by atomic mass is 15.2. The Morgan fingerprint density at radius 1 is 1.36 bits per heavy atom. The molecule has 2 aliphatic heterocycles. The summed E-state index contributed by atoms with van der Waals surface area (Å²) in [7, 11) is 4.23. The first-order valence-corrected chi connectivity index (χ1v) is 5.32. The Morgan fingerprint density at radius 3 is 2.93 bits per heavy atom. The average Bonchev–Trinajstić information content (AvgIpc) is 2.86. The fraction of sp³-hybridized carbons (Fsp3) is 0.500. The molecule has 2 heterocycles. The maximum Gasteiger partial charge on any atom is 0.0285 e. The molecular weight excluding hydrogens is 172 g/mol. The predicted octanol–water partition coefficient (Wildman–Crippen LogP) is 1.78. The van der Waals surface area contributed by atoms with Gasteiger partial charge in [-0.15, -0.1) is 0 Å². The van der Waals surface area contributed by atoms with Gasteiger partial charge in [0, 0.05) is 31.4 Å². The molecule has 0 radical (unpaired) electrons. The van der Waals surface area contributed by atoms with E-state index in [1.54, 1.807) is 28.1 Å². The molecule has 0 spiro atoms. The summed E-state index contributed by atoms with van der Waals surface area (Å²) in [6.45, 7) is 1.03. The van der Waals surface area contributed by atoms with Crippen molar-refractivity contribution >= 4 is 0 Å². The van der Waals surface area contributed by atoms with Crippen LogP contribution in [0.25, 0.3) is 0 Å². The number of likely N-dealkylation sites (N-methyl/N-ethyl adjacent to an activating group) is 1. The Morgan fingerprint density at radius 2 is 2.21 bits per heavy atom. The number of nitrogens with one attached hydrogen (secondary N) is 1. The summed E-state index contributed by atoms with van der Waals surface area (Å²) in [4.78, 5) is 2.39. The van der Waals surface area contributed by atoms with Gasteiger partial charge in [-0.25, -0.2) is 0 Å². The second-order valence-corrected chi connectivity index (χ2v) is 4.35. The third-order valence-electron chi connectivity index (χ3n) is 3.52. The number of hydrogen-bond donors (Lipinski definition) is 1. The van der Waals surface area contributed by atoms with Crippen molar-refractivity contribution in [1.29, 1.82) is 0 Å². The lowest BCUT2D eigenvalue weighted by Gasteiger charge is -2.39. The van der Waals surface area contributed by atoms with Crippen LogP contribution in [0.2, 0.25) is 0 Å². The maximum atomic E-state index is 3.26. The van der Waals surface area contributed by atoms with E-state index < -0.39 is 0 Å².